The number of amides is 1. The number of nitrogens with one attached hydrogen (secondary N) is 1. The SMILES string of the molecule is CC(=O)c1cccc(OC(C)C(=O)NC(CN)C2CC2)c1. The fraction of sp³-hybridized carbons (Fsp3) is 0.500. The first-order valence-electron chi connectivity index (χ1n) is 7.29. The summed E-state index contributed by atoms with van der Waals surface area (Å²) >= 11 is 0. The summed E-state index contributed by atoms with van der Waals surface area (Å²) in [5, 5.41) is 2.93. The van der Waals surface area contributed by atoms with Crippen LogP contribution in [0.4, 0.5) is 0 Å². The molecule has 0 bridgehead atoms. The lowest BCUT2D eigenvalue weighted by atomic mass is 10.1. The molecule has 1 fully saturated rings. The largest absolute Gasteiger partial charge is 0.481 e. The lowest BCUT2D eigenvalue weighted by Crippen LogP contribution is -2.46. The monoisotopic (exact) mass is 290 g/mol. The van der Waals surface area contributed by atoms with Crippen LogP contribution in [0, 0.1) is 5.92 Å². The number of ketones is 1. The third-order valence-corrected chi connectivity index (χ3v) is 3.70. The van der Waals surface area contributed by atoms with Crippen molar-refractivity contribution < 1.29 is 14.3 Å². The molecule has 3 N–H and O–H groups in total. The van der Waals surface area contributed by atoms with Crippen molar-refractivity contribution in [3.8, 4) is 5.75 Å². The van der Waals surface area contributed by atoms with Crippen molar-refractivity contribution >= 4 is 11.7 Å². The van der Waals surface area contributed by atoms with Crippen molar-refractivity contribution in [3.63, 3.8) is 0 Å². The topological polar surface area (TPSA) is 81.4 Å². The molecule has 5 heteroatoms. The van der Waals surface area contributed by atoms with Gasteiger partial charge < -0.3 is 15.8 Å². The molecule has 1 amide bonds. The fourth-order valence-electron chi connectivity index (χ4n) is 2.21. The Hall–Kier alpha value is -1.88. The summed E-state index contributed by atoms with van der Waals surface area (Å²) in [6, 6.07) is 6.87. The number of carbonyl (C=O) groups excluding carboxylic acids is 2. The maximum atomic E-state index is 12.1. The molecule has 1 aliphatic rings. The van der Waals surface area contributed by atoms with Gasteiger partial charge in [-0.25, -0.2) is 0 Å². The van der Waals surface area contributed by atoms with Gasteiger partial charge in [-0.2, -0.15) is 0 Å². The van der Waals surface area contributed by atoms with Crippen LogP contribution in [0.15, 0.2) is 24.3 Å². The number of nitrogens with two attached hydrogens (primary N) is 1. The average molecular weight is 290 g/mol. The Morgan fingerprint density at radius 3 is 2.71 bits per heavy atom. The highest BCUT2D eigenvalue weighted by molar-refractivity contribution is 5.94. The fourth-order valence-corrected chi connectivity index (χ4v) is 2.21. The predicted molar refractivity (Wildman–Crippen MR) is 80.2 cm³/mol. The second-order valence-electron chi connectivity index (χ2n) is 5.53. The van der Waals surface area contributed by atoms with E-state index in [2.05, 4.69) is 5.32 Å². The Bertz CT molecular complexity index is 526. The summed E-state index contributed by atoms with van der Waals surface area (Å²) < 4.78 is 5.61. The lowest BCUT2D eigenvalue weighted by molar-refractivity contribution is -0.128. The number of benzene rings is 1. The molecule has 0 saturated heterocycles. The summed E-state index contributed by atoms with van der Waals surface area (Å²) in [7, 11) is 0. The maximum Gasteiger partial charge on any atom is 0.261 e. The predicted octanol–water partition coefficient (Wildman–Crippen LogP) is 1.51. The Kier molecular flexibility index (Phi) is 4.96. The molecule has 1 aromatic carbocycles. The van der Waals surface area contributed by atoms with Gasteiger partial charge in [0.25, 0.3) is 5.91 Å². The van der Waals surface area contributed by atoms with Gasteiger partial charge in [0, 0.05) is 18.2 Å². The number of Topliss-reactive ketones (excluding diaryl/α,β-unsaturated/α-hetero) is 1. The Labute approximate surface area is 124 Å². The van der Waals surface area contributed by atoms with Gasteiger partial charge in [0.1, 0.15) is 5.75 Å². The molecule has 0 aromatic heterocycles. The molecule has 2 atom stereocenters. The Morgan fingerprint density at radius 2 is 2.14 bits per heavy atom. The van der Waals surface area contributed by atoms with Crippen LogP contribution in [-0.2, 0) is 4.79 Å². The van der Waals surface area contributed by atoms with Gasteiger partial charge in [0.05, 0.1) is 0 Å². The highest BCUT2D eigenvalue weighted by Gasteiger charge is 2.32. The van der Waals surface area contributed by atoms with E-state index in [1.165, 1.54) is 6.92 Å². The van der Waals surface area contributed by atoms with E-state index in [-0.39, 0.29) is 17.7 Å². The first-order chi connectivity index (χ1) is 10.0. The number of ether oxygens (including phenoxy) is 1. The van der Waals surface area contributed by atoms with Crippen molar-refractivity contribution in [3.05, 3.63) is 29.8 Å². The molecular formula is C16H22N2O3. The van der Waals surface area contributed by atoms with E-state index in [9.17, 15) is 9.59 Å². The van der Waals surface area contributed by atoms with Crippen LogP contribution >= 0.6 is 0 Å². The van der Waals surface area contributed by atoms with Crippen LogP contribution in [0.3, 0.4) is 0 Å². The molecule has 0 radical (unpaired) electrons. The number of carbonyl (C=O) groups is 2. The number of hydrogen-bond acceptors (Lipinski definition) is 4. The summed E-state index contributed by atoms with van der Waals surface area (Å²) in [6.45, 7) is 3.63. The first kappa shape index (κ1) is 15.5. The zero-order chi connectivity index (χ0) is 15.4. The number of rotatable bonds is 7. The molecule has 0 spiro atoms. The second kappa shape index (κ2) is 6.72. The summed E-state index contributed by atoms with van der Waals surface area (Å²) in [5.41, 5.74) is 6.24. The summed E-state index contributed by atoms with van der Waals surface area (Å²) in [4.78, 5) is 23.4. The lowest BCUT2D eigenvalue weighted by Gasteiger charge is -2.20. The second-order valence-corrected chi connectivity index (χ2v) is 5.53. The van der Waals surface area contributed by atoms with Gasteiger partial charge in [-0.05, 0) is 44.7 Å². The van der Waals surface area contributed by atoms with E-state index in [0.717, 1.165) is 12.8 Å². The van der Waals surface area contributed by atoms with Crippen molar-refractivity contribution in [2.75, 3.05) is 6.54 Å². The Balaban J connectivity index is 1.93. The average Bonchev–Trinajstić information content (AvgIpc) is 3.29. The first-order valence-corrected chi connectivity index (χ1v) is 7.29. The molecule has 1 saturated carbocycles. The Morgan fingerprint density at radius 1 is 1.43 bits per heavy atom. The van der Waals surface area contributed by atoms with Crippen LogP contribution in [0.25, 0.3) is 0 Å². The maximum absolute atomic E-state index is 12.1. The molecule has 114 valence electrons. The minimum absolute atomic E-state index is 0.0329. The molecule has 1 aromatic rings. The molecule has 1 aliphatic carbocycles. The van der Waals surface area contributed by atoms with Crippen LogP contribution in [0.1, 0.15) is 37.0 Å². The smallest absolute Gasteiger partial charge is 0.261 e. The van der Waals surface area contributed by atoms with Crippen molar-refractivity contribution in [1.82, 2.24) is 5.32 Å². The highest BCUT2D eigenvalue weighted by atomic mass is 16.5. The van der Waals surface area contributed by atoms with Crippen LogP contribution in [0.2, 0.25) is 0 Å². The van der Waals surface area contributed by atoms with E-state index in [4.69, 9.17) is 10.5 Å². The third-order valence-electron chi connectivity index (χ3n) is 3.70. The van der Waals surface area contributed by atoms with Gasteiger partial charge in [-0.1, -0.05) is 12.1 Å². The van der Waals surface area contributed by atoms with Gasteiger partial charge in [0.15, 0.2) is 11.9 Å². The van der Waals surface area contributed by atoms with E-state index in [1.54, 1.807) is 31.2 Å². The normalized spacial score (nSPS) is 16.9. The van der Waals surface area contributed by atoms with Crippen LogP contribution in [0.5, 0.6) is 5.75 Å². The summed E-state index contributed by atoms with van der Waals surface area (Å²) in [6.07, 6.45) is 1.62. The van der Waals surface area contributed by atoms with Gasteiger partial charge in [-0.3, -0.25) is 9.59 Å². The quantitative estimate of drug-likeness (QED) is 0.746. The van der Waals surface area contributed by atoms with E-state index < -0.39 is 6.10 Å². The van der Waals surface area contributed by atoms with Gasteiger partial charge >= 0.3 is 0 Å². The van der Waals surface area contributed by atoms with Crippen LogP contribution in [-0.4, -0.2) is 30.4 Å². The molecule has 2 rings (SSSR count). The highest BCUT2D eigenvalue weighted by Crippen LogP contribution is 2.32. The molecule has 21 heavy (non-hydrogen) atoms. The van der Waals surface area contributed by atoms with E-state index in [0.29, 0.717) is 23.8 Å². The minimum atomic E-state index is -0.625. The van der Waals surface area contributed by atoms with E-state index >= 15 is 0 Å². The zero-order valence-corrected chi connectivity index (χ0v) is 12.5. The van der Waals surface area contributed by atoms with Gasteiger partial charge in [-0.15, -0.1) is 0 Å². The standard InChI is InChI=1S/C16H22N2O3/c1-10(19)13-4-3-5-14(8-13)21-11(2)16(20)18-15(9-17)12-6-7-12/h3-5,8,11-12,15H,6-7,9,17H2,1-2H3,(H,18,20). The molecule has 0 aliphatic heterocycles. The molecule has 2 unspecified atom stereocenters. The van der Waals surface area contributed by atoms with Gasteiger partial charge in [0.2, 0.25) is 0 Å². The molecule has 0 heterocycles. The third kappa shape index (κ3) is 4.29. The number of hydrogen-bond donors (Lipinski definition) is 2. The van der Waals surface area contributed by atoms with Crippen molar-refractivity contribution in [1.29, 1.82) is 0 Å². The molecule has 5 nitrogen and oxygen atoms in total. The minimum Gasteiger partial charge on any atom is -0.481 e. The van der Waals surface area contributed by atoms with Crippen molar-refractivity contribution in [2.45, 2.75) is 38.8 Å². The zero-order valence-electron chi connectivity index (χ0n) is 12.5. The molecular weight excluding hydrogens is 268 g/mol. The van der Waals surface area contributed by atoms with Crippen molar-refractivity contribution in [2.24, 2.45) is 11.7 Å². The summed E-state index contributed by atoms with van der Waals surface area (Å²) in [5.74, 6) is 0.813. The van der Waals surface area contributed by atoms with Crippen LogP contribution < -0.4 is 15.8 Å². The van der Waals surface area contributed by atoms with E-state index in [1.807, 2.05) is 0 Å².